The van der Waals surface area contributed by atoms with Gasteiger partial charge in [0.15, 0.2) is 0 Å². The van der Waals surface area contributed by atoms with E-state index in [2.05, 4.69) is 4.98 Å². The highest BCUT2D eigenvalue weighted by atomic mass is 19.3. The van der Waals surface area contributed by atoms with Gasteiger partial charge < -0.3 is 5.11 Å². The molecule has 1 heterocycles. The molecule has 0 bridgehead atoms. The van der Waals surface area contributed by atoms with Crippen molar-refractivity contribution in [3.05, 3.63) is 66.0 Å². The van der Waals surface area contributed by atoms with Gasteiger partial charge in [0.05, 0.1) is 17.6 Å². The third-order valence-electron chi connectivity index (χ3n) is 4.37. The lowest BCUT2D eigenvalue weighted by Crippen LogP contribution is -2.27. The van der Waals surface area contributed by atoms with E-state index in [-0.39, 0.29) is 19.2 Å². The zero-order valence-electron chi connectivity index (χ0n) is 14.0. The molecule has 0 spiro atoms. The Morgan fingerprint density at radius 2 is 1.76 bits per heavy atom. The van der Waals surface area contributed by atoms with Crippen molar-refractivity contribution in [2.75, 3.05) is 13.7 Å². The zero-order valence-corrected chi connectivity index (χ0v) is 14.0. The molecule has 0 saturated carbocycles. The molecule has 0 aliphatic rings. The highest BCUT2D eigenvalue weighted by molar-refractivity contribution is 5.75. The van der Waals surface area contributed by atoms with Crippen molar-refractivity contribution in [2.45, 2.75) is 25.6 Å². The van der Waals surface area contributed by atoms with E-state index in [4.69, 9.17) is 0 Å². The molecule has 1 aromatic heterocycles. The minimum atomic E-state index is -2.65. The van der Waals surface area contributed by atoms with Gasteiger partial charge >= 0.3 is 6.55 Å². The average molecular weight is 345 g/mol. The highest BCUT2D eigenvalue weighted by Crippen LogP contribution is 2.28. The minimum Gasteiger partial charge on any atom is -0.396 e. The van der Waals surface area contributed by atoms with Crippen molar-refractivity contribution >= 4 is 11.0 Å². The number of imidazole rings is 1. The maximum Gasteiger partial charge on any atom is 0.320 e. The second-order valence-electron chi connectivity index (χ2n) is 6.02. The molecule has 3 aromatic rings. The number of hydrogen-bond donors (Lipinski definition) is 1. The number of nitrogens with zero attached hydrogens (tertiary/aromatic N) is 3. The molecule has 1 atom stereocenters. The first kappa shape index (κ1) is 17.5. The molecule has 4 nitrogen and oxygen atoms in total. The van der Waals surface area contributed by atoms with Crippen LogP contribution in [0.2, 0.25) is 0 Å². The number of alkyl halides is 2. The van der Waals surface area contributed by atoms with E-state index in [1.807, 2.05) is 42.3 Å². The Bertz CT molecular complexity index is 820. The number of hydrogen-bond acceptors (Lipinski definition) is 3. The molecule has 0 amide bonds. The summed E-state index contributed by atoms with van der Waals surface area (Å²) in [5.41, 5.74) is 2.03. The fraction of sp³-hybridized carbons (Fsp3) is 0.316. The monoisotopic (exact) mass is 345 g/mol. The van der Waals surface area contributed by atoms with Crippen LogP contribution < -0.4 is 0 Å². The van der Waals surface area contributed by atoms with Crippen LogP contribution >= 0.6 is 0 Å². The molecule has 6 heteroatoms. The van der Waals surface area contributed by atoms with Crippen LogP contribution in [0.15, 0.2) is 54.6 Å². The van der Waals surface area contributed by atoms with Gasteiger partial charge in [-0.2, -0.15) is 8.78 Å². The van der Waals surface area contributed by atoms with E-state index in [1.165, 1.54) is 0 Å². The van der Waals surface area contributed by atoms with Crippen LogP contribution in [-0.2, 0) is 6.54 Å². The Morgan fingerprint density at radius 3 is 2.44 bits per heavy atom. The molecule has 0 aliphatic carbocycles. The topological polar surface area (TPSA) is 41.3 Å². The van der Waals surface area contributed by atoms with E-state index < -0.39 is 6.55 Å². The summed E-state index contributed by atoms with van der Waals surface area (Å²) < 4.78 is 28.1. The van der Waals surface area contributed by atoms with Crippen molar-refractivity contribution in [1.82, 2.24) is 14.5 Å². The van der Waals surface area contributed by atoms with E-state index in [1.54, 1.807) is 24.3 Å². The van der Waals surface area contributed by atoms with Gasteiger partial charge in [-0.15, -0.1) is 0 Å². The Labute approximate surface area is 145 Å². The van der Waals surface area contributed by atoms with Gasteiger partial charge in [-0.3, -0.25) is 9.47 Å². The lowest BCUT2D eigenvalue weighted by Gasteiger charge is -2.28. The zero-order chi connectivity index (χ0) is 17.8. The minimum absolute atomic E-state index is 0.0230. The predicted molar refractivity (Wildman–Crippen MR) is 93.3 cm³/mol. The molecule has 1 N–H and O–H groups in total. The number of para-hydroxylation sites is 2. The van der Waals surface area contributed by atoms with Gasteiger partial charge in [-0.25, -0.2) is 4.98 Å². The Hall–Kier alpha value is -2.31. The molecule has 132 valence electrons. The average Bonchev–Trinajstić information content (AvgIpc) is 2.98. The summed E-state index contributed by atoms with van der Waals surface area (Å²) in [6.45, 7) is -2.36. The maximum absolute atomic E-state index is 13.6. The number of aliphatic hydroxyl groups is 1. The summed E-state index contributed by atoms with van der Waals surface area (Å²) in [5.74, 6) is 0.317. The van der Waals surface area contributed by atoms with E-state index in [0.717, 1.165) is 10.1 Å². The van der Waals surface area contributed by atoms with E-state index in [0.29, 0.717) is 23.3 Å². The molecule has 25 heavy (non-hydrogen) atoms. The lowest BCUT2D eigenvalue weighted by atomic mass is 10.0. The number of aromatic nitrogens is 2. The fourth-order valence-corrected chi connectivity index (χ4v) is 3.20. The van der Waals surface area contributed by atoms with Gasteiger partial charge in [0.1, 0.15) is 5.82 Å². The number of rotatable bonds is 7. The quantitative estimate of drug-likeness (QED) is 0.704. The molecule has 0 aliphatic heterocycles. The van der Waals surface area contributed by atoms with Crippen LogP contribution in [-0.4, -0.2) is 33.2 Å². The van der Waals surface area contributed by atoms with Crippen molar-refractivity contribution in [2.24, 2.45) is 0 Å². The van der Waals surface area contributed by atoms with Crippen LogP contribution in [0.3, 0.4) is 0 Å². The third kappa shape index (κ3) is 3.70. The first-order valence-electron chi connectivity index (χ1n) is 8.22. The summed E-state index contributed by atoms with van der Waals surface area (Å²) >= 11 is 0. The maximum atomic E-state index is 13.6. The van der Waals surface area contributed by atoms with Crippen LogP contribution in [0.4, 0.5) is 8.78 Å². The smallest absolute Gasteiger partial charge is 0.320 e. The molecular formula is C19H21F2N3O. The first-order chi connectivity index (χ1) is 12.1. The van der Waals surface area contributed by atoms with Crippen molar-refractivity contribution in [3.8, 4) is 0 Å². The summed E-state index contributed by atoms with van der Waals surface area (Å²) in [5, 5.41) is 9.40. The number of fused-ring (bicyclic) bond motifs is 1. The Morgan fingerprint density at radius 1 is 1.08 bits per heavy atom. The Kier molecular flexibility index (Phi) is 5.40. The van der Waals surface area contributed by atoms with Crippen LogP contribution in [0.25, 0.3) is 11.0 Å². The van der Waals surface area contributed by atoms with Gasteiger partial charge in [0, 0.05) is 12.6 Å². The third-order valence-corrected chi connectivity index (χ3v) is 4.37. The van der Waals surface area contributed by atoms with E-state index in [9.17, 15) is 13.9 Å². The van der Waals surface area contributed by atoms with Crippen molar-refractivity contribution < 1.29 is 13.9 Å². The summed E-state index contributed by atoms with van der Waals surface area (Å²) in [7, 11) is 1.86. The highest BCUT2D eigenvalue weighted by Gasteiger charge is 2.22. The predicted octanol–water partition coefficient (Wildman–Crippen LogP) is 3.99. The van der Waals surface area contributed by atoms with Crippen LogP contribution in [0.5, 0.6) is 0 Å². The molecule has 0 saturated heterocycles. The summed E-state index contributed by atoms with van der Waals surface area (Å²) in [6.07, 6.45) is 0.523. The first-order valence-corrected chi connectivity index (χ1v) is 8.22. The van der Waals surface area contributed by atoms with Crippen molar-refractivity contribution in [1.29, 1.82) is 0 Å². The van der Waals surface area contributed by atoms with Gasteiger partial charge in [-0.05, 0) is 31.2 Å². The second kappa shape index (κ2) is 7.72. The summed E-state index contributed by atoms with van der Waals surface area (Å²) in [6, 6.07) is 16.6. The van der Waals surface area contributed by atoms with Gasteiger partial charge in [0.2, 0.25) is 0 Å². The number of benzene rings is 2. The molecule has 0 fully saturated rings. The molecule has 0 radical (unpaired) electrons. The molecule has 1 unspecified atom stereocenters. The SMILES string of the molecule is CN(Cc1nc2ccccc2n1C(F)F)C(CCO)c1ccccc1. The fourth-order valence-electron chi connectivity index (χ4n) is 3.20. The number of aliphatic hydroxyl groups excluding tert-OH is 1. The largest absolute Gasteiger partial charge is 0.396 e. The van der Waals surface area contributed by atoms with Gasteiger partial charge in [-0.1, -0.05) is 42.5 Å². The summed E-state index contributed by atoms with van der Waals surface area (Å²) in [4.78, 5) is 6.34. The van der Waals surface area contributed by atoms with Crippen LogP contribution in [0.1, 0.15) is 30.4 Å². The number of halogens is 2. The molecular weight excluding hydrogens is 324 g/mol. The normalized spacial score (nSPS) is 13.0. The van der Waals surface area contributed by atoms with Crippen molar-refractivity contribution in [3.63, 3.8) is 0 Å². The van der Waals surface area contributed by atoms with Crippen LogP contribution in [0, 0.1) is 0 Å². The Balaban J connectivity index is 1.92. The van der Waals surface area contributed by atoms with Gasteiger partial charge in [0.25, 0.3) is 0 Å². The standard InChI is InChI=1S/C19H21F2N3O/c1-23(16(11-12-25)14-7-3-2-4-8-14)13-18-22-15-9-5-6-10-17(15)24(18)19(20)21/h2-10,16,19,25H,11-13H2,1H3. The molecule has 3 rings (SSSR count). The lowest BCUT2D eigenvalue weighted by molar-refractivity contribution is 0.0671. The van der Waals surface area contributed by atoms with E-state index >= 15 is 0 Å². The second-order valence-corrected chi connectivity index (χ2v) is 6.02. The molecule has 2 aromatic carbocycles.